The van der Waals surface area contributed by atoms with E-state index in [1.807, 2.05) is 30.3 Å². The van der Waals surface area contributed by atoms with Crippen molar-refractivity contribution in [3.8, 4) is 0 Å². The van der Waals surface area contributed by atoms with Gasteiger partial charge in [-0.05, 0) is 25.5 Å². The standard InChI is InChI=1S/C27H41F3N4O5Si/c1-6-39-24(35)14-22(31-15-21-10-8-7-9-11-21)18-38-17-20(2)33-23-16-32-34(19-37-12-13-40(3,4)5)26(36)25(23)27(28,29)30/h7-11,16,20,22,31,33H,6,12-15,17-19H2,1-5H3. The topological polar surface area (TPSA) is 104 Å². The smallest absolute Gasteiger partial charge is 0.423 e. The van der Waals surface area contributed by atoms with Gasteiger partial charge in [-0.25, -0.2) is 4.68 Å². The highest BCUT2D eigenvalue weighted by molar-refractivity contribution is 6.76. The third-order valence-corrected chi connectivity index (χ3v) is 7.49. The number of esters is 1. The fraction of sp³-hybridized carbons (Fsp3) is 0.593. The number of carbonyl (C=O) groups is 1. The molecule has 2 atom stereocenters. The summed E-state index contributed by atoms with van der Waals surface area (Å²) in [5.41, 5.74) is -2.03. The van der Waals surface area contributed by atoms with Crippen LogP contribution in [-0.2, 0) is 38.5 Å². The average molecular weight is 587 g/mol. The summed E-state index contributed by atoms with van der Waals surface area (Å²) in [4.78, 5) is 24.7. The maximum Gasteiger partial charge on any atom is 0.423 e. The van der Waals surface area contributed by atoms with Crippen LogP contribution < -0.4 is 16.2 Å². The second-order valence-corrected chi connectivity index (χ2v) is 16.4. The number of alkyl halides is 3. The Morgan fingerprint density at radius 2 is 1.82 bits per heavy atom. The zero-order chi connectivity index (χ0) is 29.8. The second-order valence-electron chi connectivity index (χ2n) is 10.7. The first-order chi connectivity index (χ1) is 18.8. The molecule has 0 saturated carbocycles. The Kier molecular flexibility index (Phi) is 13.3. The number of anilines is 1. The Morgan fingerprint density at radius 3 is 2.45 bits per heavy atom. The van der Waals surface area contributed by atoms with E-state index in [1.165, 1.54) is 0 Å². The fourth-order valence-corrected chi connectivity index (χ4v) is 4.41. The van der Waals surface area contributed by atoms with Gasteiger partial charge in [-0.1, -0.05) is 50.0 Å². The number of halogens is 3. The zero-order valence-corrected chi connectivity index (χ0v) is 24.8. The van der Waals surface area contributed by atoms with Gasteiger partial charge in [-0.3, -0.25) is 9.59 Å². The van der Waals surface area contributed by atoms with Gasteiger partial charge in [-0.15, -0.1) is 0 Å². The summed E-state index contributed by atoms with van der Waals surface area (Å²) in [5, 5.41) is 9.84. The van der Waals surface area contributed by atoms with E-state index in [4.69, 9.17) is 14.2 Å². The minimum absolute atomic E-state index is 0.0204. The Balaban J connectivity index is 2.00. The van der Waals surface area contributed by atoms with E-state index in [-0.39, 0.29) is 45.0 Å². The van der Waals surface area contributed by atoms with Gasteiger partial charge in [0.1, 0.15) is 12.3 Å². The van der Waals surface area contributed by atoms with Crippen LogP contribution in [0.3, 0.4) is 0 Å². The highest BCUT2D eigenvalue weighted by Crippen LogP contribution is 2.32. The first-order valence-electron chi connectivity index (χ1n) is 13.3. The minimum Gasteiger partial charge on any atom is -0.466 e. The van der Waals surface area contributed by atoms with Crippen LogP contribution in [0.25, 0.3) is 0 Å². The molecule has 2 unspecified atom stereocenters. The van der Waals surface area contributed by atoms with Crippen LogP contribution in [0.15, 0.2) is 41.3 Å². The molecule has 2 aromatic rings. The Hall–Kier alpha value is -2.74. The maximum atomic E-state index is 13.9. The molecular formula is C27H41F3N4O5Si. The highest BCUT2D eigenvalue weighted by Gasteiger charge is 2.38. The molecule has 9 nitrogen and oxygen atoms in total. The summed E-state index contributed by atoms with van der Waals surface area (Å²) in [7, 11) is -1.39. The van der Waals surface area contributed by atoms with Crippen LogP contribution in [-0.4, -0.2) is 62.3 Å². The molecule has 0 saturated heterocycles. The normalized spacial score (nSPS) is 13.6. The van der Waals surface area contributed by atoms with Crippen molar-refractivity contribution in [3.63, 3.8) is 0 Å². The van der Waals surface area contributed by atoms with Crippen molar-refractivity contribution >= 4 is 19.7 Å². The van der Waals surface area contributed by atoms with Gasteiger partial charge >= 0.3 is 12.1 Å². The number of aromatic nitrogens is 2. The number of rotatable bonds is 17. The third-order valence-electron chi connectivity index (χ3n) is 5.78. The largest absolute Gasteiger partial charge is 0.466 e. The molecule has 1 aromatic carbocycles. The Bertz CT molecular complexity index is 1110. The van der Waals surface area contributed by atoms with Gasteiger partial charge in [0.25, 0.3) is 5.56 Å². The minimum atomic E-state index is -4.89. The van der Waals surface area contributed by atoms with Crippen LogP contribution in [0.5, 0.6) is 0 Å². The molecule has 224 valence electrons. The molecule has 0 radical (unpaired) electrons. The van der Waals surface area contributed by atoms with E-state index in [0.29, 0.717) is 17.8 Å². The third kappa shape index (κ3) is 12.2. The van der Waals surface area contributed by atoms with Gasteiger partial charge in [0.15, 0.2) is 0 Å². The molecule has 2 rings (SSSR count). The summed E-state index contributed by atoms with van der Waals surface area (Å²) >= 11 is 0. The number of nitrogens with one attached hydrogen (secondary N) is 2. The van der Waals surface area contributed by atoms with Crippen molar-refractivity contribution in [2.75, 3.05) is 31.7 Å². The van der Waals surface area contributed by atoms with Crippen LogP contribution in [0.4, 0.5) is 18.9 Å². The van der Waals surface area contributed by atoms with E-state index in [9.17, 15) is 22.8 Å². The summed E-state index contributed by atoms with van der Waals surface area (Å²) in [6, 6.07) is 9.46. The van der Waals surface area contributed by atoms with Crippen molar-refractivity contribution in [2.45, 2.75) is 77.5 Å². The lowest BCUT2D eigenvalue weighted by Gasteiger charge is -2.22. The molecule has 0 spiro atoms. The zero-order valence-electron chi connectivity index (χ0n) is 23.8. The molecular weight excluding hydrogens is 545 g/mol. The van der Waals surface area contributed by atoms with E-state index >= 15 is 0 Å². The lowest BCUT2D eigenvalue weighted by atomic mass is 10.2. The molecule has 40 heavy (non-hydrogen) atoms. The van der Waals surface area contributed by atoms with Crippen LogP contribution >= 0.6 is 0 Å². The van der Waals surface area contributed by atoms with Crippen LogP contribution in [0, 0.1) is 0 Å². The number of hydrogen-bond donors (Lipinski definition) is 2. The lowest BCUT2D eigenvalue weighted by molar-refractivity contribution is -0.144. The fourth-order valence-electron chi connectivity index (χ4n) is 3.66. The molecule has 0 aliphatic rings. The highest BCUT2D eigenvalue weighted by atomic mass is 28.3. The summed E-state index contributed by atoms with van der Waals surface area (Å²) < 4.78 is 58.4. The number of ether oxygens (including phenoxy) is 3. The number of carbonyl (C=O) groups excluding carboxylic acids is 1. The first kappa shape index (κ1) is 33.5. The number of nitrogens with zero attached hydrogens (tertiary/aromatic N) is 2. The predicted molar refractivity (Wildman–Crippen MR) is 150 cm³/mol. The van der Waals surface area contributed by atoms with Crippen molar-refractivity contribution in [2.24, 2.45) is 0 Å². The average Bonchev–Trinajstić information content (AvgIpc) is 2.85. The van der Waals surface area contributed by atoms with Gasteiger partial charge in [-0.2, -0.15) is 18.3 Å². The number of benzene rings is 1. The Morgan fingerprint density at radius 1 is 1.12 bits per heavy atom. The summed E-state index contributed by atoms with van der Waals surface area (Å²) in [6.07, 6.45) is -3.84. The lowest BCUT2D eigenvalue weighted by Crippen LogP contribution is -2.37. The predicted octanol–water partition coefficient (Wildman–Crippen LogP) is 4.50. The molecule has 0 bridgehead atoms. The summed E-state index contributed by atoms with van der Waals surface area (Å²) in [6.45, 7) is 10.7. The second kappa shape index (κ2) is 15.9. The molecule has 1 aromatic heterocycles. The monoisotopic (exact) mass is 586 g/mol. The maximum absolute atomic E-state index is 13.9. The van der Waals surface area contributed by atoms with Crippen LogP contribution in [0.1, 0.15) is 31.4 Å². The van der Waals surface area contributed by atoms with E-state index in [1.54, 1.807) is 13.8 Å². The van der Waals surface area contributed by atoms with Gasteiger partial charge in [0.05, 0.1) is 38.1 Å². The molecule has 0 aliphatic carbocycles. The van der Waals surface area contributed by atoms with Gasteiger partial charge in [0, 0.05) is 33.3 Å². The molecule has 13 heteroatoms. The van der Waals surface area contributed by atoms with Crippen molar-refractivity contribution in [1.82, 2.24) is 15.1 Å². The first-order valence-corrected chi connectivity index (χ1v) is 17.0. The Labute approximate surface area is 234 Å². The molecule has 0 aliphatic heterocycles. The molecule has 0 amide bonds. The molecule has 1 heterocycles. The quantitative estimate of drug-likeness (QED) is 0.159. The van der Waals surface area contributed by atoms with E-state index in [2.05, 4.69) is 35.4 Å². The van der Waals surface area contributed by atoms with Gasteiger partial charge in [0.2, 0.25) is 0 Å². The van der Waals surface area contributed by atoms with Crippen molar-refractivity contribution in [1.29, 1.82) is 0 Å². The van der Waals surface area contributed by atoms with E-state index < -0.39 is 37.1 Å². The van der Waals surface area contributed by atoms with E-state index in [0.717, 1.165) is 17.8 Å². The molecule has 0 fully saturated rings. The van der Waals surface area contributed by atoms with Gasteiger partial charge < -0.3 is 24.8 Å². The van der Waals surface area contributed by atoms with Crippen LogP contribution in [0.2, 0.25) is 25.7 Å². The SMILES string of the molecule is CCOC(=O)CC(COCC(C)Nc1cnn(COCC[Si](C)(C)C)c(=O)c1C(F)(F)F)NCc1ccccc1. The molecule has 2 N–H and O–H groups in total. The number of hydrogen-bond acceptors (Lipinski definition) is 8. The summed E-state index contributed by atoms with van der Waals surface area (Å²) in [5.74, 6) is -0.381. The van der Waals surface area contributed by atoms with Crippen molar-refractivity contribution < 1.29 is 32.2 Å². The van der Waals surface area contributed by atoms with Crippen molar-refractivity contribution in [3.05, 3.63) is 58.0 Å².